The van der Waals surface area contributed by atoms with Gasteiger partial charge in [0.25, 0.3) is 0 Å². The maximum Gasteiger partial charge on any atom is 0.230 e. The summed E-state index contributed by atoms with van der Waals surface area (Å²) in [6.45, 7) is 6.07. The van der Waals surface area contributed by atoms with Gasteiger partial charge in [0.1, 0.15) is 5.75 Å². The van der Waals surface area contributed by atoms with Crippen molar-refractivity contribution in [1.29, 1.82) is 0 Å². The highest BCUT2D eigenvalue weighted by atomic mass is 32.2. The topological polar surface area (TPSA) is 63.7 Å². The Labute approximate surface area is 131 Å². The van der Waals surface area contributed by atoms with Crippen LogP contribution in [0, 0.1) is 5.92 Å². The van der Waals surface area contributed by atoms with E-state index in [9.17, 15) is 13.2 Å². The molecule has 0 saturated heterocycles. The minimum absolute atomic E-state index is 0.0708. The van der Waals surface area contributed by atoms with E-state index in [0.717, 1.165) is 5.75 Å². The van der Waals surface area contributed by atoms with Crippen LogP contribution >= 0.6 is 0 Å². The van der Waals surface area contributed by atoms with Gasteiger partial charge in [0.2, 0.25) is 5.91 Å². The number of sulfone groups is 1. The summed E-state index contributed by atoms with van der Waals surface area (Å²) >= 11 is 0. The minimum Gasteiger partial charge on any atom is -0.494 e. The molecule has 22 heavy (non-hydrogen) atoms. The van der Waals surface area contributed by atoms with Crippen LogP contribution < -0.4 is 9.64 Å². The molecule has 120 valence electrons. The third kappa shape index (κ3) is 3.68. The molecule has 6 heteroatoms. The maximum absolute atomic E-state index is 12.5. The minimum atomic E-state index is -3.22. The smallest absolute Gasteiger partial charge is 0.230 e. The molecule has 1 aromatic carbocycles. The second-order valence-corrected chi connectivity index (χ2v) is 7.45. The summed E-state index contributed by atoms with van der Waals surface area (Å²) in [6.07, 6.45) is 1.58. The number of anilines is 1. The fourth-order valence-corrected chi connectivity index (χ4v) is 3.62. The molecule has 0 radical (unpaired) electrons. The number of hydrogen-bond donors (Lipinski definition) is 0. The third-order valence-electron chi connectivity index (χ3n) is 3.40. The molecule has 0 saturated carbocycles. The second-order valence-electron chi connectivity index (χ2n) is 5.52. The van der Waals surface area contributed by atoms with Gasteiger partial charge >= 0.3 is 0 Å². The van der Waals surface area contributed by atoms with Gasteiger partial charge in [-0.25, -0.2) is 8.42 Å². The van der Waals surface area contributed by atoms with Crippen molar-refractivity contribution in [2.24, 2.45) is 5.92 Å². The normalized spacial score (nSPS) is 19.4. The van der Waals surface area contributed by atoms with E-state index < -0.39 is 15.9 Å². The molecule has 2 rings (SSSR count). The zero-order valence-electron chi connectivity index (χ0n) is 13.0. The summed E-state index contributed by atoms with van der Waals surface area (Å²) in [5.41, 5.74) is 0.675. The largest absolute Gasteiger partial charge is 0.494 e. The van der Waals surface area contributed by atoms with Crippen molar-refractivity contribution < 1.29 is 17.9 Å². The maximum atomic E-state index is 12.5. The van der Waals surface area contributed by atoms with Gasteiger partial charge in [-0.2, -0.15) is 0 Å². The van der Waals surface area contributed by atoms with Crippen molar-refractivity contribution in [3.05, 3.63) is 35.7 Å². The molecule has 1 aromatic rings. The number of carbonyl (C=O) groups is 1. The molecular weight excluding hydrogens is 302 g/mol. The molecule has 0 aromatic heterocycles. The first-order valence-corrected chi connectivity index (χ1v) is 9.02. The molecule has 5 nitrogen and oxygen atoms in total. The number of carbonyl (C=O) groups excluding carboxylic acids is 1. The Morgan fingerprint density at radius 3 is 2.41 bits per heavy atom. The lowest BCUT2D eigenvalue weighted by Crippen LogP contribution is -2.43. The lowest BCUT2D eigenvalue weighted by atomic mass is 10.1. The Hall–Kier alpha value is -1.82. The van der Waals surface area contributed by atoms with Crippen molar-refractivity contribution in [3.8, 4) is 5.75 Å². The van der Waals surface area contributed by atoms with Crippen LogP contribution in [0.1, 0.15) is 20.8 Å². The molecule has 1 atom stereocenters. The van der Waals surface area contributed by atoms with E-state index in [2.05, 4.69) is 0 Å². The van der Waals surface area contributed by atoms with E-state index in [0.29, 0.717) is 12.3 Å². The quantitative estimate of drug-likeness (QED) is 0.834. The Balaban J connectivity index is 2.33. The molecule has 0 spiro atoms. The Morgan fingerprint density at radius 2 is 1.95 bits per heavy atom. The van der Waals surface area contributed by atoms with Crippen LogP contribution in [0.4, 0.5) is 5.69 Å². The third-order valence-corrected chi connectivity index (χ3v) is 4.78. The molecule has 0 N–H and O–H groups in total. The summed E-state index contributed by atoms with van der Waals surface area (Å²) in [5.74, 6) is 0.329. The summed E-state index contributed by atoms with van der Waals surface area (Å²) in [5, 5.41) is 1.19. The second kappa shape index (κ2) is 6.52. The first-order valence-electron chi connectivity index (χ1n) is 7.31. The van der Waals surface area contributed by atoms with Crippen LogP contribution in [-0.4, -0.2) is 32.7 Å². The Bertz CT molecular complexity index is 662. The zero-order valence-corrected chi connectivity index (χ0v) is 13.8. The molecule has 0 aliphatic carbocycles. The van der Waals surface area contributed by atoms with Crippen molar-refractivity contribution in [2.75, 3.05) is 17.3 Å². The van der Waals surface area contributed by atoms with Crippen molar-refractivity contribution in [3.63, 3.8) is 0 Å². The number of amides is 1. The highest BCUT2D eigenvalue weighted by Gasteiger charge is 2.32. The van der Waals surface area contributed by atoms with E-state index in [1.54, 1.807) is 49.1 Å². The number of nitrogens with zero attached hydrogens (tertiary/aromatic N) is 1. The standard InChI is InChI=1S/C16H21NO4S/c1-4-21-15-7-5-13(6-8-15)17(16(18)12(2)3)14-9-10-22(19,20)11-14/h5-10,12,14H,4,11H2,1-3H3. The van der Waals surface area contributed by atoms with Crippen molar-refractivity contribution >= 4 is 21.4 Å². The van der Waals surface area contributed by atoms with Gasteiger partial charge in [-0.05, 0) is 37.3 Å². The summed E-state index contributed by atoms with van der Waals surface area (Å²) < 4.78 is 28.7. The number of benzene rings is 1. The lowest BCUT2D eigenvalue weighted by Gasteiger charge is -2.29. The van der Waals surface area contributed by atoms with Crippen molar-refractivity contribution in [2.45, 2.75) is 26.8 Å². The van der Waals surface area contributed by atoms with Crippen LogP contribution in [0.15, 0.2) is 35.7 Å². The number of hydrogen-bond acceptors (Lipinski definition) is 4. The van der Waals surface area contributed by atoms with Crippen LogP contribution in [0.2, 0.25) is 0 Å². The molecule has 0 bridgehead atoms. The van der Waals surface area contributed by atoms with Gasteiger partial charge in [-0.15, -0.1) is 0 Å². The highest BCUT2D eigenvalue weighted by molar-refractivity contribution is 7.94. The van der Waals surface area contributed by atoms with Crippen LogP contribution in [0.5, 0.6) is 5.75 Å². The average molecular weight is 323 g/mol. The number of rotatable bonds is 5. The molecule has 0 fully saturated rings. The van der Waals surface area contributed by atoms with E-state index in [1.165, 1.54) is 5.41 Å². The zero-order chi connectivity index (χ0) is 16.3. The summed E-state index contributed by atoms with van der Waals surface area (Å²) in [7, 11) is -3.22. The predicted octanol–water partition coefficient (Wildman–Crippen LogP) is 2.39. The highest BCUT2D eigenvalue weighted by Crippen LogP contribution is 2.26. The van der Waals surface area contributed by atoms with Crippen molar-refractivity contribution in [1.82, 2.24) is 0 Å². The van der Waals surface area contributed by atoms with Gasteiger partial charge in [0.05, 0.1) is 18.4 Å². The summed E-state index contributed by atoms with van der Waals surface area (Å²) in [6, 6.07) is 6.67. The predicted molar refractivity (Wildman–Crippen MR) is 86.6 cm³/mol. The molecule has 1 aliphatic heterocycles. The van der Waals surface area contributed by atoms with Crippen LogP contribution in [0.3, 0.4) is 0 Å². The van der Waals surface area contributed by atoms with E-state index in [-0.39, 0.29) is 17.6 Å². The molecule has 1 unspecified atom stereocenters. The van der Waals surface area contributed by atoms with Gasteiger partial charge < -0.3 is 9.64 Å². The SMILES string of the molecule is CCOc1ccc(N(C(=O)C(C)C)C2C=CS(=O)(=O)C2)cc1. The molecule has 1 heterocycles. The fraction of sp³-hybridized carbons (Fsp3) is 0.438. The average Bonchev–Trinajstić information content (AvgIpc) is 2.81. The Kier molecular flexibility index (Phi) is 4.90. The van der Waals surface area contributed by atoms with Gasteiger partial charge in [0, 0.05) is 17.0 Å². The van der Waals surface area contributed by atoms with Crippen LogP contribution in [0.25, 0.3) is 0 Å². The summed E-state index contributed by atoms with van der Waals surface area (Å²) in [4.78, 5) is 14.1. The number of ether oxygens (including phenoxy) is 1. The van der Waals surface area contributed by atoms with Gasteiger partial charge in [0.15, 0.2) is 9.84 Å². The molecular formula is C16H21NO4S. The Morgan fingerprint density at radius 1 is 1.32 bits per heavy atom. The first-order chi connectivity index (χ1) is 10.3. The van der Waals surface area contributed by atoms with Crippen LogP contribution in [-0.2, 0) is 14.6 Å². The van der Waals surface area contributed by atoms with E-state index >= 15 is 0 Å². The van der Waals surface area contributed by atoms with Gasteiger partial charge in [-0.3, -0.25) is 4.79 Å². The van der Waals surface area contributed by atoms with E-state index in [1.807, 2.05) is 6.92 Å². The van der Waals surface area contributed by atoms with Gasteiger partial charge in [-0.1, -0.05) is 13.8 Å². The molecule has 1 amide bonds. The lowest BCUT2D eigenvalue weighted by molar-refractivity contribution is -0.121. The monoisotopic (exact) mass is 323 g/mol. The fourth-order valence-electron chi connectivity index (χ4n) is 2.35. The first kappa shape index (κ1) is 16.5. The van der Waals surface area contributed by atoms with E-state index in [4.69, 9.17) is 4.74 Å². The molecule has 1 aliphatic rings.